The van der Waals surface area contributed by atoms with Crippen molar-refractivity contribution < 1.29 is 14.0 Å². The first-order chi connectivity index (χ1) is 8.81. The predicted molar refractivity (Wildman–Crippen MR) is 73.6 cm³/mol. The van der Waals surface area contributed by atoms with Gasteiger partial charge in [0.2, 0.25) is 5.91 Å². The summed E-state index contributed by atoms with van der Waals surface area (Å²) in [6.45, 7) is 3.67. The van der Waals surface area contributed by atoms with E-state index in [-0.39, 0.29) is 10.9 Å². The summed E-state index contributed by atoms with van der Waals surface area (Å²) in [6, 6.07) is 3.30. The van der Waals surface area contributed by atoms with Gasteiger partial charge in [-0.15, -0.1) is 11.8 Å². The minimum absolute atomic E-state index is 0.0113. The van der Waals surface area contributed by atoms with Crippen molar-refractivity contribution in [2.24, 2.45) is 11.7 Å². The summed E-state index contributed by atoms with van der Waals surface area (Å²) >= 11 is 6.88. The second kappa shape index (κ2) is 6.77. The number of amides is 3. The Kier molecular flexibility index (Phi) is 5.62. The third kappa shape index (κ3) is 4.72. The average molecular weight is 305 g/mol. The van der Waals surface area contributed by atoms with E-state index in [1.54, 1.807) is 0 Å². The Morgan fingerprint density at radius 1 is 1.42 bits per heavy atom. The number of nitrogens with one attached hydrogen (secondary N) is 1. The second-order valence-electron chi connectivity index (χ2n) is 4.21. The lowest BCUT2D eigenvalue weighted by molar-refractivity contribution is -0.120. The number of rotatable bonds is 4. The molecule has 0 unspecified atom stereocenters. The van der Waals surface area contributed by atoms with Gasteiger partial charge in [-0.2, -0.15) is 0 Å². The number of nitrogens with two attached hydrogens (primary N) is 1. The van der Waals surface area contributed by atoms with E-state index in [0.29, 0.717) is 4.90 Å². The summed E-state index contributed by atoms with van der Waals surface area (Å²) in [5.74, 6) is -1.03. The number of carbonyl (C=O) groups excluding carboxylic acids is 2. The number of halogens is 2. The minimum Gasteiger partial charge on any atom is -0.351 e. The molecular weight excluding hydrogens is 291 g/mol. The highest BCUT2D eigenvalue weighted by Gasteiger charge is 2.24. The van der Waals surface area contributed by atoms with Crippen molar-refractivity contribution in [2.45, 2.75) is 24.0 Å². The van der Waals surface area contributed by atoms with Gasteiger partial charge in [0.25, 0.3) is 0 Å². The second-order valence-corrected chi connectivity index (χ2v) is 5.83. The average Bonchev–Trinajstić information content (AvgIpc) is 2.29. The molecule has 0 radical (unpaired) electrons. The first kappa shape index (κ1) is 15.8. The number of thioether (sulfide) groups is 1. The molecule has 0 spiro atoms. The number of urea groups is 1. The van der Waals surface area contributed by atoms with Gasteiger partial charge >= 0.3 is 6.03 Å². The highest BCUT2D eigenvalue weighted by atomic mass is 35.5. The SMILES string of the molecule is CC(C)[C@H](Sc1ccc(F)c(Cl)c1)C(=O)NC(N)=O. The van der Waals surface area contributed by atoms with Gasteiger partial charge < -0.3 is 5.73 Å². The summed E-state index contributed by atoms with van der Waals surface area (Å²) in [6.07, 6.45) is 0. The summed E-state index contributed by atoms with van der Waals surface area (Å²) in [7, 11) is 0. The Balaban J connectivity index is 2.86. The molecule has 19 heavy (non-hydrogen) atoms. The van der Waals surface area contributed by atoms with Gasteiger partial charge in [-0.3, -0.25) is 10.1 Å². The predicted octanol–water partition coefficient (Wildman–Crippen LogP) is 2.79. The van der Waals surface area contributed by atoms with Crippen LogP contribution < -0.4 is 11.1 Å². The molecule has 0 saturated heterocycles. The van der Waals surface area contributed by atoms with Crippen molar-refractivity contribution in [3.05, 3.63) is 29.0 Å². The third-order valence-corrected chi connectivity index (χ3v) is 4.09. The number of imide groups is 1. The Labute approximate surface area is 119 Å². The van der Waals surface area contributed by atoms with Crippen LogP contribution in [0.2, 0.25) is 5.02 Å². The summed E-state index contributed by atoms with van der Waals surface area (Å²) in [5.41, 5.74) is 4.92. The number of hydrogen-bond acceptors (Lipinski definition) is 3. The Bertz CT molecular complexity index is 497. The van der Waals surface area contributed by atoms with E-state index in [1.165, 1.54) is 30.0 Å². The lowest BCUT2D eigenvalue weighted by atomic mass is 10.1. The molecule has 3 amide bonds. The van der Waals surface area contributed by atoms with Gasteiger partial charge in [0.05, 0.1) is 10.3 Å². The molecule has 1 aromatic carbocycles. The quantitative estimate of drug-likeness (QED) is 0.840. The van der Waals surface area contributed by atoms with E-state index >= 15 is 0 Å². The lowest BCUT2D eigenvalue weighted by Gasteiger charge is -2.18. The number of benzene rings is 1. The van der Waals surface area contributed by atoms with Crippen LogP contribution in [0.25, 0.3) is 0 Å². The topological polar surface area (TPSA) is 72.2 Å². The molecule has 4 nitrogen and oxygen atoms in total. The molecular formula is C12H14ClFN2O2S. The van der Waals surface area contributed by atoms with Crippen LogP contribution in [0.15, 0.2) is 23.1 Å². The van der Waals surface area contributed by atoms with Crippen LogP contribution in [0, 0.1) is 11.7 Å². The molecule has 0 aliphatic carbocycles. The summed E-state index contributed by atoms with van der Waals surface area (Å²) < 4.78 is 13.0. The van der Waals surface area contributed by atoms with E-state index in [2.05, 4.69) is 0 Å². The van der Waals surface area contributed by atoms with E-state index in [4.69, 9.17) is 17.3 Å². The number of carbonyl (C=O) groups is 2. The molecule has 7 heteroatoms. The van der Waals surface area contributed by atoms with Gasteiger partial charge in [-0.1, -0.05) is 25.4 Å². The number of primary amides is 1. The van der Waals surface area contributed by atoms with E-state index in [1.807, 2.05) is 19.2 Å². The summed E-state index contributed by atoms with van der Waals surface area (Å²) in [4.78, 5) is 23.2. The lowest BCUT2D eigenvalue weighted by Crippen LogP contribution is -2.42. The Morgan fingerprint density at radius 3 is 2.53 bits per heavy atom. The molecule has 0 aliphatic rings. The maximum absolute atomic E-state index is 13.0. The van der Waals surface area contributed by atoms with E-state index in [9.17, 15) is 14.0 Å². The Morgan fingerprint density at radius 2 is 2.05 bits per heavy atom. The van der Waals surface area contributed by atoms with Gasteiger partial charge in [-0.25, -0.2) is 9.18 Å². The molecule has 0 aliphatic heterocycles. The molecule has 3 N–H and O–H groups in total. The van der Waals surface area contributed by atoms with Crippen molar-refractivity contribution in [1.82, 2.24) is 5.32 Å². The number of hydrogen-bond donors (Lipinski definition) is 2. The maximum atomic E-state index is 13.0. The van der Waals surface area contributed by atoms with Crippen molar-refractivity contribution in [1.29, 1.82) is 0 Å². The highest BCUT2D eigenvalue weighted by Crippen LogP contribution is 2.30. The fraction of sp³-hybridized carbons (Fsp3) is 0.333. The zero-order valence-electron chi connectivity index (χ0n) is 10.4. The van der Waals surface area contributed by atoms with Gasteiger partial charge in [-0.05, 0) is 24.1 Å². The Hall–Kier alpha value is -1.27. The van der Waals surface area contributed by atoms with Gasteiger partial charge in [0.15, 0.2) is 0 Å². The normalized spacial score (nSPS) is 12.3. The molecule has 0 heterocycles. The van der Waals surface area contributed by atoms with Crippen molar-refractivity contribution in [3.63, 3.8) is 0 Å². The molecule has 1 atom stereocenters. The van der Waals surface area contributed by atoms with Crippen LogP contribution in [-0.2, 0) is 4.79 Å². The molecule has 104 valence electrons. The van der Waals surface area contributed by atoms with Crippen molar-refractivity contribution >= 4 is 35.3 Å². The molecule has 0 bridgehead atoms. The minimum atomic E-state index is -0.895. The van der Waals surface area contributed by atoms with E-state index in [0.717, 1.165) is 0 Å². The van der Waals surface area contributed by atoms with Crippen LogP contribution in [0.4, 0.5) is 9.18 Å². The zero-order valence-corrected chi connectivity index (χ0v) is 12.0. The molecule has 0 aromatic heterocycles. The zero-order chi connectivity index (χ0) is 14.6. The fourth-order valence-electron chi connectivity index (χ4n) is 1.38. The van der Waals surface area contributed by atoms with Crippen molar-refractivity contribution in [3.8, 4) is 0 Å². The molecule has 0 saturated carbocycles. The molecule has 1 rings (SSSR count). The first-order valence-electron chi connectivity index (χ1n) is 5.53. The van der Waals surface area contributed by atoms with Crippen LogP contribution in [0.5, 0.6) is 0 Å². The fourth-order valence-corrected chi connectivity index (χ4v) is 2.69. The first-order valence-corrected chi connectivity index (χ1v) is 6.79. The molecule has 1 aromatic rings. The largest absolute Gasteiger partial charge is 0.351 e. The van der Waals surface area contributed by atoms with Crippen LogP contribution >= 0.6 is 23.4 Å². The van der Waals surface area contributed by atoms with Gasteiger partial charge in [0, 0.05) is 4.90 Å². The third-order valence-electron chi connectivity index (χ3n) is 2.26. The summed E-state index contributed by atoms with van der Waals surface area (Å²) in [5, 5.41) is 1.51. The highest BCUT2D eigenvalue weighted by molar-refractivity contribution is 8.00. The maximum Gasteiger partial charge on any atom is 0.318 e. The van der Waals surface area contributed by atoms with Crippen LogP contribution in [0.1, 0.15) is 13.8 Å². The van der Waals surface area contributed by atoms with Gasteiger partial charge in [0.1, 0.15) is 5.82 Å². The monoisotopic (exact) mass is 304 g/mol. The van der Waals surface area contributed by atoms with Crippen LogP contribution in [-0.4, -0.2) is 17.2 Å². The smallest absolute Gasteiger partial charge is 0.318 e. The standard InChI is InChI=1S/C12H14ClFN2O2S/c1-6(2)10(11(17)16-12(15)18)19-7-3-4-9(14)8(13)5-7/h3-6,10H,1-2H3,(H3,15,16,17,18)/t10-/m0/s1. The van der Waals surface area contributed by atoms with Crippen molar-refractivity contribution in [2.75, 3.05) is 0 Å². The molecule has 0 fully saturated rings. The van der Waals surface area contributed by atoms with E-state index < -0.39 is 23.0 Å². The van der Waals surface area contributed by atoms with Crippen LogP contribution in [0.3, 0.4) is 0 Å².